The lowest BCUT2D eigenvalue weighted by atomic mass is 10.1. The monoisotopic (exact) mass is 586 g/mol. The van der Waals surface area contributed by atoms with Crippen LogP contribution >= 0.6 is 22.6 Å². The molecule has 0 aliphatic rings. The summed E-state index contributed by atoms with van der Waals surface area (Å²) in [6.45, 7) is 2.60. The molecular weight excluding hydrogens is 555 g/mol. The minimum Gasteiger partial charge on any atom is -0.487 e. The van der Waals surface area contributed by atoms with E-state index in [-0.39, 0.29) is 43.1 Å². The number of aromatic nitrogens is 1. The second kappa shape index (κ2) is 14.1. The van der Waals surface area contributed by atoms with Crippen LogP contribution in [0.25, 0.3) is 0 Å². The number of benzene rings is 1. The summed E-state index contributed by atoms with van der Waals surface area (Å²) >= 11 is 2.20. The van der Waals surface area contributed by atoms with Gasteiger partial charge in [-0.15, -0.1) is 0 Å². The molecule has 34 heavy (non-hydrogen) atoms. The van der Waals surface area contributed by atoms with Crippen LogP contribution in [0.4, 0.5) is 0 Å². The topological polar surface area (TPSA) is 105 Å². The highest BCUT2D eigenvalue weighted by atomic mass is 127. The Labute approximate surface area is 212 Å². The number of rotatable bonds is 13. The van der Waals surface area contributed by atoms with Crippen LogP contribution in [0.15, 0.2) is 35.3 Å². The molecule has 186 valence electrons. The summed E-state index contributed by atoms with van der Waals surface area (Å²) in [5, 5.41) is 2.87. The summed E-state index contributed by atoms with van der Waals surface area (Å²) in [6.07, 6.45) is 2.05. The second-order valence-corrected chi connectivity index (χ2v) is 8.73. The molecule has 0 fully saturated rings. The third-order valence-electron chi connectivity index (χ3n) is 5.05. The second-order valence-electron chi connectivity index (χ2n) is 7.48. The van der Waals surface area contributed by atoms with E-state index in [0.29, 0.717) is 6.42 Å². The lowest BCUT2D eigenvalue weighted by Crippen LogP contribution is -2.34. The third kappa shape index (κ3) is 7.81. The van der Waals surface area contributed by atoms with Crippen molar-refractivity contribution in [2.24, 2.45) is 0 Å². The molecule has 0 saturated heterocycles. The maximum atomic E-state index is 13.4. The molecule has 0 atom stereocenters. The number of carbonyl (C=O) groups excluding carboxylic acids is 2. The molecule has 1 heterocycles. The molecular formula is C24H31IN2O7. The maximum Gasteiger partial charge on any atom is 0.310 e. The van der Waals surface area contributed by atoms with Crippen LogP contribution in [0.2, 0.25) is 0 Å². The van der Waals surface area contributed by atoms with E-state index in [1.165, 1.54) is 32.1 Å². The Morgan fingerprint density at radius 1 is 1.18 bits per heavy atom. The fourth-order valence-electron chi connectivity index (χ4n) is 3.20. The van der Waals surface area contributed by atoms with Crippen LogP contribution in [-0.2, 0) is 38.5 Å². The molecule has 10 heteroatoms. The van der Waals surface area contributed by atoms with Crippen molar-refractivity contribution in [1.29, 1.82) is 0 Å². The molecule has 1 aromatic carbocycles. The van der Waals surface area contributed by atoms with E-state index in [0.717, 1.165) is 15.6 Å². The van der Waals surface area contributed by atoms with Gasteiger partial charge in [-0.25, -0.2) is 0 Å². The van der Waals surface area contributed by atoms with Gasteiger partial charge < -0.3 is 28.8 Å². The Morgan fingerprint density at radius 2 is 1.91 bits per heavy atom. The average molecular weight is 586 g/mol. The van der Waals surface area contributed by atoms with Gasteiger partial charge in [0, 0.05) is 36.1 Å². The zero-order chi connectivity index (χ0) is 25.1. The van der Waals surface area contributed by atoms with Gasteiger partial charge >= 0.3 is 5.97 Å². The number of hydrogen-bond donors (Lipinski definition) is 1. The van der Waals surface area contributed by atoms with Crippen LogP contribution in [0.1, 0.15) is 41.4 Å². The Bertz CT molecular complexity index is 1030. The standard InChI is InChI=1S/C24H31IN2O7/c1-5-6-10-34-23-21(24(30)26-13-16-8-7-9-18(25)11-16)27(15-20(32-3)33-4)14-17(22(23)29)12-19(28)31-2/h7-9,11,14,20H,5-6,10,12-13,15H2,1-4H3,(H,26,30). The van der Waals surface area contributed by atoms with Gasteiger partial charge in [0.25, 0.3) is 5.91 Å². The normalized spacial score (nSPS) is 10.9. The first kappa shape index (κ1) is 27.8. The van der Waals surface area contributed by atoms with Crippen molar-refractivity contribution in [2.75, 3.05) is 27.9 Å². The molecule has 0 aliphatic heterocycles. The van der Waals surface area contributed by atoms with Gasteiger partial charge in [-0.3, -0.25) is 14.4 Å². The first-order valence-electron chi connectivity index (χ1n) is 10.9. The Kier molecular flexibility index (Phi) is 11.5. The summed E-state index contributed by atoms with van der Waals surface area (Å²) in [4.78, 5) is 38.5. The summed E-state index contributed by atoms with van der Waals surface area (Å²) < 4.78 is 23.7. The number of esters is 1. The average Bonchev–Trinajstić information content (AvgIpc) is 2.83. The number of amides is 1. The van der Waals surface area contributed by atoms with Crippen molar-refractivity contribution in [3.63, 3.8) is 0 Å². The van der Waals surface area contributed by atoms with E-state index in [9.17, 15) is 14.4 Å². The highest BCUT2D eigenvalue weighted by Gasteiger charge is 2.25. The molecule has 2 rings (SSSR count). The Morgan fingerprint density at radius 3 is 2.53 bits per heavy atom. The number of methoxy groups -OCH3 is 3. The number of unbranched alkanes of at least 4 members (excludes halogenated alkanes) is 1. The Balaban J connectivity index is 2.54. The van der Waals surface area contributed by atoms with Crippen LogP contribution in [0.3, 0.4) is 0 Å². The van der Waals surface area contributed by atoms with Crippen LogP contribution in [-0.4, -0.2) is 50.7 Å². The highest BCUT2D eigenvalue weighted by Crippen LogP contribution is 2.19. The van der Waals surface area contributed by atoms with Crippen molar-refractivity contribution in [1.82, 2.24) is 9.88 Å². The quantitative estimate of drug-likeness (QED) is 0.167. The molecule has 0 spiro atoms. The highest BCUT2D eigenvalue weighted by molar-refractivity contribution is 14.1. The molecule has 1 amide bonds. The smallest absolute Gasteiger partial charge is 0.310 e. The van der Waals surface area contributed by atoms with Crippen LogP contribution in [0, 0.1) is 3.57 Å². The fraction of sp³-hybridized carbons (Fsp3) is 0.458. The zero-order valence-electron chi connectivity index (χ0n) is 19.9. The number of pyridine rings is 1. The van der Waals surface area contributed by atoms with Gasteiger partial charge in [0.1, 0.15) is 0 Å². The van der Waals surface area contributed by atoms with Gasteiger partial charge in [-0.1, -0.05) is 25.5 Å². The van der Waals surface area contributed by atoms with Crippen molar-refractivity contribution in [2.45, 2.75) is 45.6 Å². The molecule has 0 saturated carbocycles. The third-order valence-corrected chi connectivity index (χ3v) is 5.72. The van der Waals surface area contributed by atoms with E-state index in [4.69, 9.17) is 18.9 Å². The fourth-order valence-corrected chi connectivity index (χ4v) is 3.81. The van der Waals surface area contributed by atoms with Gasteiger partial charge in [0.2, 0.25) is 5.43 Å². The van der Waals surface area contributed by atoms with E-state index in [2.05, 4.69) is 27.9 Å². The number of hydrogen-bond acceptors (Lipinski definition) is 7. The largest absolute Gasteiger partial charge is 0.487 e. The molecule has 0 radical (unpaired) electrons. The lowest BCUT2D eigenvalue weighted by molar-refractivity contribution is -0.139. The summed E-state index contributed by atoms with van der Waals surface area (Å²) in [6, 6.07) is 7.72. The van der Waals surface area contributed by atoms with E-state index >= 15 is 0 Å². The number of carbonyl (C=O) groups is 2. The summed E-state index contributed by atoms with van der Waals surface area (Å²) in [5.74, 6) is -1.17. The van der Waals surface area contributed by atoms with E-state index < -0.39 is 23.6 Å². The number of ether oxygens (including phenoxy) is 4. The Hall–Kier alpha value is -2.44. The first-order chi connectivity index (χ1) is 16.3. The van der Waals surface area contributed by atoms with Crippen LogP contribution in [0.5, 0.6) is 5.75 Å². The minimum atomic E-state index is -0.695. The number of nitrogens with zero attached hydrogens (tertiary/aromatic N) is 1. The minimum absolute atomic E-state index is 0.0412. The van der Waals surface area contributed by atoms with Crippen molar-refractivity contribution < 1.29 is 28.5 Å². The first-order valence-corrected chi connectivity index (χ1v) is 12.0. The van der Waals surface area contributed by atoms with E-state index in [1.807, 2.05) is 31.2 Å². The summed E-state index contributed by atoms with van der Waals surface area (Å²) in [7, 11) is 4.20. The molecule has 0 aliphatic carbocycles. The molecule has 0 unspecified atom stereocenters. The molecule has 1 N–H and O–H groups in total. The predicted molar refractivity (Wildman–Crippen MR) is 135 cm³/mol. The van der Waals surface area contributed by atoms with Crippen LogP contribution < -0.4 is 15.5 Å². The number of halogens is 1. The molecule has 0 bridgehead atoms. The predicted octanol–water partition coefficient (Wildman–Crippen LogP) is 2.90. The van der Waals surface area contributed by atoms with Crippen molar-refractivity contribution >= 4 is 34.5 Å². The van der Waals surface area contributed by atoms with Crippen molar-refractivity contribution in [3.05, 3.63) is 61.1 Å². The van der Waals surface area contributed by atoms with Crippen molar-refractivity contribution in [3.8, 4) is 5.75 Å². The molecule has 1 aromatic heterocycles. The maximum absolute atomic E-state index is 13.4. The molecule has 9 nitrogen and oxygen atoms in total. The lowest BCUT2D eigenvalue weighted by Gasteiger charge is -2.22. The van der Waals surface area contributed by atoms with Gasteiger partial charge in [0.15, 0.2) is 17.7 Å². The zero-order valence-corrected chi connectivity index (χ0v) is 22.0. The van der Waals surface area contributed by atoms with E-state index in [1.54, 1.807) is 0 Å². The number of nitrogens with one attached hydrogen (secondary N) is 1. The summed E-state index contributed by atoms with van der Waals surface area (Å²) in [5.41, 5.74) is 0.582. The van der Waals surface area contributed by atoms with Gasteiger partial charge in [0.05, 0.1) is 26.7 Å². The van der Waals surface area contributed by atoms with Gasteiger partial charge in [-0.2, -0.15) is 0 Å². The van der Waals surface area contributed by atoms with Gasteiger partial charge in [-0.05, 0) is 46.7 Å². The SMILES string of the molecule is CCCCOc1c(C(=O)NCc2cccc(I)c2)n(CC(OC)OC)cc(CC(=O)OC)c1=O. The molecule has 2 aromatic rings.